The summed E-state index contributed by atoms with van der Waals surface area (Å²) in [7, 11) is -1.73. The molecule has 2 aliphatic heterocycles. The fourth-order valence-corrected chi connectivity index (χ4v) is 5.22. The molecule has 9 heteroatoms. The van der Waals surface area contributed by atoms with Crippen LogP contribution in [0.4, 0.5) is 5.82 Å². The first-order chi connectivity index (χ1) is 11.4. The van der Waals surface area contributed by atoms with Crippen molar-refractivity contribution in [2.75, 3.05) is 31.1 Å². The summed E-state index contributed by atoms with van der Waals surface area (Å²) in [5.74, 6) is 1.55. The van der Waals surface area contributed by atoms with Gasteiger partial charge in [0.25, 0.3) is 0 Å². The predicted molar refractivity (Wildman–Crippen MR) is 90.4 cm³/mol. The van der Waals surface area contributed by atoms with Gasteiger partial charge in [-0.05, 0) is 24.0 Å². The molecule has 0 aromatic carbocycles. The Bertz CT molecular complexity index is 837. The van der Waals surface area contributed by atoms with Gasteiger partial charge in [0, 0.05) is 45.6 Å². The number of fused-ring (bicyclic) bond motifs is 1. The highest BCUT2D eigenvalue weighted by Crippen LogP contribution is 2.35. The first-order valence-corrected chi connectivity index (χ1v) is 9.60. The van der Waals surface area contributed by atoms with Crippen molar-refractivity contribution in [1.82, 2.24) is 19.1 Å². The van der Waals surface area contributed by atoms with Gasteiger partial charge in [-0.1, -0.05) is 11.6 Å². The summed E-state index contributed by atoms with van der Waals surface area (Å²) in [4.78, 5) is 6.83. The second-order valence-electron chi connectivity index (χ2n) is 6.43. The topological polar surface area (TPSA) is 71.3 Å². The summed E-state index contributed by atoms with van der Waals surface area (Å²) in [6.45, 7) is 2.73. The Hall–Kier alpha value is -1.64. The highest BCUT2D eigenvalue weighted by Gasteiger charge is 2.44. The molecule has 0 radical (unpaired) electrons. The van der Waals surface area contributed by atoms with Crippen LogP contribution in [0.3, 0.4) is 0 Å². The molecular weight excluding hydrogens is 350 g/mol. The van der Waals surface area contributed by atoms with Gasteiger partial charge in [0.15, 0.2) is 0 Å². The second kappa shape index (κ2) is 5.72. The lowest BCUT2D eigenvalue weighted by Gasteiger charge is -2.21. The maximum Gasteiger partial charge on any atom is 0.246 e. The van der Waals surface area contributed by atoms with E-state index in [9.17, 15) is 8.42 Å². The molecule has 2 atom stereocenters. The molecule has 2 aliphatic rings. The van der Waals surface area contributed by atoms with Crippen LogP contribution in [0.5, 0.6) is 0 Å². The molecule has 0 N–H and O–H groups in total. The molecule has 0 amide bonds. The zero-order chi connectivity index (χ0) is 16.9. The lowest BCUT2D eigenvalue weighted by atomic mass is 10.0. The molecule has 0 bridgehead atoms. The Labute approximate surface area is 145 Å². The number of pyridine rings is 1. The van der Waals surface area contributed by atoms with Crippen LogP contribution < -0.4 is 4.90 Å². The molecule has 2 aromatic rings. The number of nitrogens with zero attached hydrogens (tertiary/aromatic N) is 5. The van der Waals surface area contributed by atoms with Crippen LogP contribution in [0.1, 0.15) is 0 Å². The molecule has 24 heavy (non-hydrogen) atoms. The van der Waals surface area contributed by atoms with E-state index in [0.717, 1.165) is 18.9 Å². The van der Waals surface area contributed by atoms with Crippen LogP contribution in [0.2, 0.25) is 5.02 Å². The van der Waals surface area contributed by atoms with Gasteiger partial charge in [-0.25, -0.2) is 13.4 Å². The number of sulfonamides is 1. The molecule has 2 fully saturated rings. The molecule has 7 nitrogen and oxygen atoms in total. The van der Waals surface area contributed by atoms with Crippen molar-refractivity contribution >= 4 is 27.4 Å². The highest BCUT2D eigenvalue weighted by molar-refractivity contribution is 7.89. The quantitative estimate of drug-likeness (QED) is 0.815. The van der Waals surface area contributed by atoms with Crippen molar-refractivity contribution in [1.29, 1.82) is 0 Å². The fraction of sp³-hybridized carbons (Fsp3) is 0.467. The number of halogens is 1. The van der Waals surface area contributed by atoms with Crippen LogP contribution in [-0.4, -0.2) is 53.7 Å². The minimum Gasteiger partial charge on any atom is -0.356 e. The number of anilines is 1. The van der Waals surface area contributed by atoms with E-state index >= 15 is 0 Å². The van der Waals surface area contributed by atoms with Crippen molar-refractivity contribution in [3.8, 4) is 0 Å². The lowest BCUT2D eigenvalue weighted by molar-refractivity contribution is 0.453. The Morgan fingerprint density at radius 1 is 1.12 bits per heavy atom. The van der Waals surface area contributed by atoms with Gasteiger partial charge in [0.05, 0.1) is 11.2 Å². The maximum atomic E-state index is 12.7. The van der Waals surface area contributed by atoms with Crippen LogP contribution in [0.15, 0.2) is 35.6 Å². The fourth-order valence-electron chi connectivity index (χ4n) is 3.57. The molecule has 0 aliphatic carbocycles. The first kappa shape index (κ1) is 15.9. The van der Waals surface area contributed by atoms with Gasteiger partial charge in [-0.15, -0.1) is 0 Å². The third-order valence-electron chi connectivity index (χ3n) is 4.81. The summed E-state index contributed by atoms with van der Waals surface area (Å²) in [5.41, 5.74) is 0. The van der Waals surface area contributed by atoms with E-state index in [2.05, 4.69) is 15.0 Å². The molecule has 128 valence electrons. The first-order valence-electron chi connectivity index (χ1n) is 7.79. The molecule has 2 unspecified atom stereocenters. The van der Waals surface area contributed by atoms with Crippen molar-refractivity contribution in [3.63, 3.8) is 0 Å². The molecule has 0 saturated carbocycles. The van der Waals surface area contributed by atoms with Crippen molar-refractivity contribution in [3.05, 3.63) is 35.7 Å². The van der Waals surface area contributed by atoms with Crippen molar-refractivity contribution in [2.45, 2.75) is 4.90 Å². The standard InChI is InChI=1S/C15H18ClN5O2S/c1-19-10-14(5-18-19)24(22,23)21-8-11-6-20(7-12(11)9-21)15-3-2-13(16)4-17-15/h2-5,10-12H,6-9H2,1H3. The third kappa shape index (κ3) is 2.68. The number of rotatable bonds is 3. The molecule has 2 aromatic heterocycles. The van der Waals surface area contributed by atoms with Gasteiger partial charge < -0.3 is 4.90 Å². The van der Waals surface area contributed by atoms with Crippen LogP contribution >= 0.6 is 11.6 Å². The Kier molecular flexibility index (Phi) is 3.78. The molecular formula is C15H18ClN5O2S. The summed E-state index contributed by atoms with van der Waals surface area (Å²) < 4.78 is 28.5. The Balaban J connectivity index is 1.47. The minimum absolute atomic E-state index is 0.265. The summed E-state index contributed by atoms with van der Waals surface area (Å²) in [5, 5.41) is 4.59. The number of aromatic nitrogens is 3. The number of hydrogen-bond acceptors (Lipinski definition) is 5. The van der Waals surface area contributed by atoms with E-state index in [1.54, 1.807) is 23.7 Å². The Morgan fingerprint density at radius 3 is 2.38 bits per heavy atom. The number of hydrogen-bond donors (Lipinski definition) is 0. The van der Waals surface area contributed by atoms with Crippen LogP contribution in [0, 0.1) is 11.8 Å². The van der Waals surface area contributed by atoms with E-state index in [0.29, 0.717) is 29.9 Å². The zero-order valence-electron chi connectivity index (χ0n) is 13.2. The van der Waals surface area contributed by atoms with Gasteiger partial charge in [0.1, 0.15) is 10.7 Å². The highest BCUT2D eigenvalue weighted by atomic mass is 35.5. The molecule has 4 rings (SSSR count). The van der Waals surface area contributed by atoms with Gasteiger partial charge >= 0.3 is 0 Å². The van der Waals surface area contributed by atoms with Crippen LogP contribution in [0.25, 0.3) is 0 Å². The maximum absolute atomic E-state index is 12.7. The minimum atomic E-state index is -3.45. The second-order valence-corrected chi connectivity index (χ2v) is 8.81. The summed E-state index contributed by atoms with van der Waals surface area (Å²) in [6.07, 6.45) is 4.60. The predicted octanol–water partition coefficient (Wildman–Crippen LogP) is 1.23. The smallest absolute Gasteiger partial charge is 0.246 e. The summed E-state index contributed by atoms with van der Waals surface area (Å²) in [6, 6.07) is 3.74. The molecule has 2 saturated heterocycles. The van der Waals surface area contributed by atoms with Gasteiger partial charge in [-0.2, -0.15) is 9.40 Å². The van der Waals surface area contributed by atoms with E-state index in [1.807, 2.05) is 12.1 Å². The normalized spacial score (nSPS) is 24.5. The van der Waals surface area contributed by atoms with Crippen LogP contribution in [-0.2, 0) is 17.1 Å². The Morgan fingerprint density at radius 2 is 1.83 bits per heavy atom. The SMILES string of the molecule is Cn1cc(S(=O)(=O)N2CC3CN(c4ccc(Cl)cn4)CC3C2)cn1. The van der Waals surface area contributed by atoms with Crippen molar-refractivity contribution < 1.29 is 8.42 Å². The summed E-state index contributed by atoms with van der Waals surface area (Å²) >= 11 is 5.88. The largest absolute Gasteiger partial charge is 0.356 e. The zero-order valence-corrected chi connectivity index (χ0v) is 14.8. The number of aryl methyl sites for hydroxylation is 1. The lowest BCUT2D eigenvalue weighted by Crippen LogP contribution is -2.33. The van der Waals surface area contributed by atoms with E-state index in [-0.39, 0.29) is 4.90 Å². The average Bonchev–Trinajstić information content (AvgIpc) is 3.22. The van der Waals surface area contributed by atoms with Crippen molar-refractivity contribution in [2.24, 2.45) is 18.9 Å². The van der Waals surface area contributed by atoms with E-state index in [1.165, 1.54) is 10.9 Å². The van der Waals surface area contributed by atoms with Gasteiger partial charge in [-0.3, -0.25) is 4.68 Å². The van der Waals surface area contributed by atoms with E-state index < -0.39 is 10.0 Å². The van der Waals surface area contributed by atoms with Gasteiger partial charge in [0.2, 0.25) is 10.0 Å². The molecule has 4 heterocycles. The van der Waals surface area contributed by atoms with E-state index in [4.69, 9.17) is 11.6 Å². The molecule has 0 spiro atoms. The third-order valence-corrected chi connectivity index (χ3v) is 6.82. The monoisotopic (exact) mass is 367 g/mol. The average molecular weight is 368 g/mol.